The third-order valence-electron chi connectivity index (χ3n) is 4.88. The number of ether oxygens (including phenoxy) is 1. The van der Waals surface area contributed by atoms with E-state index < -0.39 is 25.1 Å². The summed E-state index contributed by atoms with van der Waals surface area (Å²) in [7, 11) is -4.29. The van der Waals surface area contributed by atoms with E-state index in [9.17, 15) is 14.4 Å². The van der Waals surface area contributed by atoms with Gasteiger partial charge in [-0.25, -0.2) is 4.89 Å². The largest absolute Gasteiger partial charge is 0.342 e. The molecular formula is C18H25Cl2O6P. The first-order chi connectivity index (χ1) is 12.5. The highest BCUT2D eigenvalue weighted by Gasteiger charge is 2.66. The van der Waals surface area contributed by atoms with Crippen molar-refractivity contribution in [2.24, 2.45) is 5.92 Å². The Hall–Kier alpha value is -0.430. The highest BCUT2D eigenvalue weighted by molar-refractivity contribution is 7.50. The maximum Gasteiger partial charge on any atom is 0.329 e. The van der Waals surface area contributed by atoms with Crippen LogP contribution in [0.2, 0.25) is 5.02 Å². The third kappa shape index (κ3) is 4.60. The lowest BCUT2D eigenvalue weighted by atomic mass is 9.74. The molecule has 1 heterocycles. The van der Waals surface area contributed by atoms with Crippen LogP contribution in [0.25, 0.3) is 0 Å². The Morgan fingerprint density at radius 1 is 1.37 bits per heavy atom. The second kappa shape index (κ2) is 8.52. The number of rotatable bonds is 9. The lowest BCUT2D eigenvalue weighted by molar-refractivity contribution is -0.626. The van der Waals surface area contributed by atoms with Crippen molar-refractivity contribution < 1.29 is 28.9 Å². The van der Waals surface area contributed by atoms with Gasteiger partial charge in [0.25, 0.3) is 5.79 Å². The lowest BCUT2D eigenvalue weighted by Gasteiger charge is -2.57. The molecule has 0 aromatic heterocycles. The summed E-state index contributed by atoms with van der Waals surface area (Å²) in [6, 6.07) is 4.89. The van der Waals surface area contributed by atoms with Crippen molar-refractivity contribution in [1.29, 1.82) is 0 Å². The van der Waals surface area contributed by atoms with E-state index >= 15 is 0 Å². The molecule has 1 aromatic rings. The monoisotopic (exact) mass is 438 g/mol. The van der Waals surface area contributed by atoms with E-state index in [2.05, 4.69) is 6.58 Å². The molecule has 0 bridgehead atoms. The normalized spacial score (nSPS) is 26.5. The molecule has 1 aliphatic heterocycles. The van der Waals surface area contributed by atoms with Gasteiger partial charge >= 0.3 is 7.60 Å². The third-order valence-corrected chi connectivity index (χ3v) is 6.15. The molecule has 1 aliphatic rings. The Labute approximate surface area is 169 Å². The maximum atomic E-state index is 11.5. The Morgan fingerprint density at radius 2 is 2.04 bits per heavy atom. The van der Waals surface area contributed by atoms with Crippen LogP contribution in [0, 0.1) is 5.92 Å². The molecule has 1 saturated heterocycles. The topological polar surface area (TPSA) is 85.2 Å². The highest BCUT2D eigenvalue weighted by atomic mass is 35.5. The second-order valence-corrected chi connectivity index (χ2v) is 9.37. The molecule has 1 aromatic carbocycles. The molecule has 2 rings (SSSR count). The number of hydrogen-bond donors (Lipinski definition) is 2. The van der Waals surface area contributed by atoms with E-state index in [4.69, 9.17) is 37.7 Å². The molecule has 0 amide bonds. The maximum absolute atomic E-state index is 11.5. The molecule has 1 fully saturated rings. The Balaban J connectivity index is 2.52. The average Bonchev–Trinajstić information content (AvgIpc) is 2.56. The SMILES string of the molecule is C=C(Cl)CC(CC)C1(C)OOC1(OCC)c1ccc(Cl)c(CP(=O)(O)O)c1. The van der Waals surface area contributed by atoms with Crippen molar-refractivity contribution in [3.63, 3.8) is 0 Å². The van der Waals surface area contributed by atoms with Crippen LogP contribution in [0.15, 0.2) is 29.8 Å². The van der Waals surface area contributed by atoms with Crippen LogP contribution >= 0.6 is 30.8 Å². The molecule has 9 heteroatoms. The summed E-state index contributed by atoms with van der Waals surface area (Å²) in [5, 5.41) is 0.763. The van der Waals surface area contributed by atoms with Gasteiger partial charge in [-0.2, -0.15) is 4.89 Å². The predicted octanol–water partition coefficient (Wildman–Crippen LogP) is 5.10. The van der Waals surface area contributed by atoms with Crippen molar-refractivity contribution in [2.75, 3.05) is 6.61 Å². The van der Waals surface area contributed by atoms with E-state index in [1.165, 1.54) is 0 Å². The summed E-state index contributed by atoms with van der Waals surface area (Å²) >= 11 is 12.2. The molecule has 0 radical (unpaired) electrons. The fourth-order valence-electron chi connectivity index (χ4n) is 3.49. The first-order valence-electron chi connectivity index (χ1n) is 8.66. The second-order valence-electron chi connectivity index (χ2n) is 6.78. The quantitative estimate of drug-likeness (QED) is 0.412. The zero-order valence-corrected chi connectivity index (χ0v) is 18.0. The smallest absolute Gasteiger partial charge is 0.329 e. The molecular weight excluding hydrogens is 414 g/mol. The number of allylic oxidation sites excluding steroid dienone is 1. The summed E-state index contributed by atoms with van der Waals surface area (Å²) in [4.78, 5) is 29.7. The van der Waals surface area contributed by atoms with Gasteiger partial charge < -0.3 is 14.5 Å². The molecule has 6 nitrogen and oxygen atoms in total. The molecule has 3 atom stereocenters. The molecule has 2 N–H and O–H groups in total. The minimum atomic E-state index is -4.29. The van der Waals surface area contributed by atoms with Gasteiger partial charge in [0.05, 0.1) is 6.16 Å². The average molecular weight is 439 g/mol. The minimum Gasteiger partial charge on any atom is -0.342 e. The van der Waals surface area contributed by atoms with Gasteiger partial charge in [0.2, 0.25) is 0 Å². The van der Waals surface area contributed by atoms with Crippen LogP contribution in [0.1, 0.15) is 44.7 Å². The van der Waals surface area contributed by atoms with Crippen LogP contribution in [0.4, 0.5) is 0 Å². The van der Waals surface area contributed by atoms with Crippen LogP contribution in [-0.2, 0) is 31.0 Å². The zero-order valence-electron chi connectivity index (χ0n) is 15.6. The fourth-order valence-corrected chi connectivity index (χ4v) is 4.66. The molecule has 152 valence electrons. The highest BCUT2D eigenvalue weighted by Crippen LogP contribution is 2.56. The Kier molecular flexibility index (Phi) is 7.21. The molecule has 27 heavy (non-hydrogen) atoms. The summed E-state index contributed by atoms with van der Waals surface area (Å²) in [6.45, 7) is 9.83. The minimum absolute atomic E-state index is 0.0521. The summed E-state index contributed by atoms with van der Waals surface area (Å²) in [5.41, 5.74) is 0.0156. The van der Waals surface area contributed by atoms with Crippen LogP contribution in [0.3, 0.4) is 0 Å². The van der Waals surface area contributed by atoms with E-state index in [0.29, 0.717) is 29.2 Å². The van der Waals surface area contributed by atoms with E-state index in [1.807, 2.05) is 20.8 Å². The van der Waals surface area contributed by atoms with Gasteiger partial charge in [-0.1, -0.05) is 42.8 Å². The van der Waals surface area contributed by atoms with Gasteiger partial charge in [-0.05, 0) is 44.4 Å². The van der Waals surface area contributed by atoms with E-state index in [1.54, 1.807) is 18.2 Å². The number of hydrogen-bond acceptors (Lipinski definition) is 4. The van der Waals surface area contributed by atoms with E-state index in [0.717, 1.165) is 6.42 Å². The summed E-state index contributed by atoms with van der Waals surface area (Å²) in [5.74, 6) is -1.30. The first-order valence-corrected chi connectivity index (χ1v) is 11.2. The van der Waals surface area contributed by atoms with Gasteiger partial charge in [-0.15, -0.1) is 0 Å². The zero-order chi connectivity index (χ0) is 20.5. The van der Waals surface area contributed by atoms with Crippen LogP contribution in [0.5, 0.6) is 0 Å². The fraction of sp³-hybridized carbons (Fsp3) is 0.556. The summed E-state index contributed by atoms with van der Waals surface area (Å²) < 4.78 is 17.4. The molecule has 0 spiro atoms. The van der Waals surface area contributed by atoms with Crippen molar-refractivity contribution in [1.82, 2.24) is 0 Å². The molecule has 3 unspecified atom stereocenters. The van der Waals surface area contributed by atoms with Gasteiger partial charge in [-0.3, -0.25) is 4.57 Å². The number of benzene rings is 1. The van der Waals surface area contributed by atoms with Crippen molar-refractivity contribution in [3.05, 3.63) is 46.0 Å². The van der Waals surface area contributed by atoms with Gasteiger partial charge in [0.15, 0.2) is 5.60 Å². The van der Waals surface area contributed by atoms with Gasteiger partial charge in [0, 0.05) is 28.1 Å². The molecule has 0 saturated carbocycles. The Bertz CT molecular complexity index is 751. The van der Waals surface area contributed by atoms with Crippen molar-refractivity contribution in [3.8, 4) is 0 Å². The lowest BCUT2D eigenvalue weighted by Crippen LogP contribution is -2.67. The predicted molar refractivity (Wildman–Crippen MR) is 104 cm³/mol. The van der Waals surface area contributed by atoms with Gasteiger partial charge in [0.1, 0.15) is 0 Å². The van der Waals surface area contributed by atoms with Crippen molar-refractivity contribution >= 4 is 30.8 Å². The molecule has 0 aliphatic carbocycles. The van der Waals surface area contributed by atoms with E-state index in [-0.39, 0.29) is 10.9 Å². The Morgan fingerprint density at radius 3 is 2.48 bits per heavy atom. The number of halogens is 2. The van der Waals surface area contributed by atoms with Crippen LogP contribution < -0.4 is 0 Å². The summed E-state index contributed by atoms with van der Waals surface area (Å²) in [6.07, 6.45) is 0.772. The van der Waals surface area contributed by atoms with Crippen LogP contribution in [-0.4, -0.2) is 22.0 Å². The van der Waals surface area contributed by atoms with Crippen molar-refractivity contribution in [2.45, 2.75) is 51.2 Å². The standard InChI is InChI=1S/C18H25Cl2O6P/c1-5-14(9-12(3)19)17(4)18(24-6-2,26-25-17)15-7-8-16(20)13(10-15)11-27(21,22)23/h7-8,10,14H,3,5-6,9,11H2,1-2,4H3,(H2,21,22,23). The first kappa shape index (κ1) is 22.9.